The molecule has 2 saturated carbocycles. The number of carbonyl (C=O) groups excluding carboxylic acids is 1. The molecule has 1 aromatic rings. The smallest absolute Gasteiger partial charge is 0.252 e. The van der Waals surface area contributed by atoms with Crippen LogP contribution in [0.1, 0.15) is 43.8 Å². The molecule has 1 N–H and O–H groups in total. The molecule has 0 bridgehead atoms. The number of nitrogens with one attached hydrogen (secondary N) is 1. The molecule has 132 valence electrons. The van der Waals surface area contributed by atoms with Crippen molar-refractivity contribution in [1.29, 1.82) is 0 Å². The van der Waals surface area contributed by atoms with Crippen LogP contribution in [-0.2, 0) is 22.7 Å². The van der Waals surface area contributed by atoms with Crippen LogP contribution in [0.5, 0.6) is 0 Å². The second kappa shape index (κ2) is 6.80. The number of hydrogen-bond donors (Lipinski definition) is 1. The topological polar surface area (TPSA) is 80.5 Å². The van der Waals surface area contributed by atoms with Crippen molar-refractivity contribution in [2.24, 2.45) is 17.8 Å². The lowest BCUT2D eigenvalue weighted by Crippen LogP contribution is -2.45. The summed E-state index contributed by atoms with van der Waals surface area (Å²) in [6, 6.07) is 0.274. The summed E-state index contributed by atoms with van der Waals surface area (Å²) in [6.45, 7) is 2.91. The van der Waals surface area contributed by atoms with Gasteiger partial charge < -0.3 is 14.6 Å². The van der Waals surface area contributed by atoms with Crippen LogP contribution >= 0.6 is 0 Å². The summed E-state index contributed by atoms with van der Waals surface area (Å²) in [5.74, 6) is 3.08. The number of aromatic nitrogens is 2. The van der Waals surface area contributed by atoms with Crippen LogP contribution in [-0.4, -0.2) is 47.2 Å². The molecule has 1 aromatic heterocycles. The van der Waals surface area contributed by atoms with Crippen molar-refractivity contribution in [2.75, 3.05) is 20.2 Å². The Bertz CT molecular complexity index is 582. The van der Waals surface area contributed by atoms with E-state index in [1.807, 2.05) is 0 Å². The SMILES string of the molecule is COCc1nc(CN2CC(NC(=O)C3CCC3)C(C3CC3)C2)no1. The van der Waals surface area contributed by atoms with Gasteiger partial charge in [0.05, 0.1) is 6.54 Å². The summed E-state index contributed by atoms with van der Waals surface area (Å²) in [4.78, 5) is 19.0. The summed E-state index contributed by atoms with van der Waals surface area (Å²) in [7, 11) is 1.61. The van der Waals surface area contributed by atoms with E-state index < -0.39 is 0 Å². The Morgan fingerprint density at radius 1 is 1.33 bits per heavy atom. The van der Waals surface area contributed by atoms with Gasteiger partial charge in [-0.2, -0.15) is 4.98 Å². The molecule has 2 heterocycles. The van der Waals surface area contributed by atoms with E-state index in [1.54, 1.807) is 7.11 Å². The first kappa shape index (κ1) is 16.0. The lowest BCUT2D eigenvalue weighted by atomic mass is 9.84. The zero-order chi connectivity index (χ0) is 16.5. The molecule has 7 nitrogen and oxygen atoms in total. The molecular formula is C17H26N4O3. The maximum Gasteiger partial charge on any atom is 0.252 e. The Morgan fingerprint density at radius 3 is 2.83 bits per heavy atom. The Labute approximate surface area is 142 Å². The predicted octanol–water partition coefficient (Wildman–Crippen LogP) is 1.34. The minimum atomic E-state index is 0.257. The van der Waals surface area contributed by atoms with Gasteiger partial charge in [-0.05, 0) is 37.5 Å². The molecule has 3 aliphatic rings. The van der Waals surface area contributed by atoms with Gasteiger partial charge in [0.1, 0.15) is 6.61 Å². The quantitative estimate of drug-likeness (QED) is 0.810. The van der Waals surface area contributed by atoms with E-state index in [-0.39, 0.29) is 17.9 Å². The van der Waals surface area contributed by atoms with Gasteiger partial charge in [-0.25, -0.2) is 0 Å². The molecule has 2 atom stereocenters. The first-order chi connectivity index (χ1) is 11.7. The molecule has 7 heteroatoms. The summed E-state index contributed by atoms with van der Waals surface area (Å²) in [5, 5.41) is 7.35. The Morgan fingerprint density at radius 2 is 2.17 bits per heavy atom. The average Bonchev–Trinajstić information content (AvgIpc) is 3.13. The summed E-state index contributed by atoms with van der Waals surface area (Å²) >= 11 is 0. The number of likely N-dealkylation sites (tertiary alicyclic amines) is 1. The van der Waals surface area contributed by atoms with E-state index in [0.29, 0.717) is 30.8 Å². The Hall–Kier alpha value is -1.47. The zero-order valence-electron chi connectivity index (χ0n) is 14.2. The van der Waals surface area contributed by atoms with Gasteiger partial charge in [-0.3, -0.25) is 9.69 Å². The molecule has 0 spiro atoms. The number of ether oxygens (including phenoxy) is 1. The third-order valence-electron chi connectivity index (χ3n) is 5.61. The molecule has 1 amide bonds. The number of methoxy groups -OCH3 is 1. The largest absolute Gasteiger partial charge is 0.375 e. The lowest BCUT2D eigenvalue weighted by Gasteiger charge is -2.28. The van der Waals surface area contributed by atoms with Gasteiger partial charge >= 0.3 is 0 Å². The summed E-state index contributed by atoms with van der Waals surface area (Å²) < 4.78 is 10.2. The minimum absolute atomic E-state index is 0.257. The van der Waals surface area contributed by atoms with Gasteiger partial charge in [-0.15, -0.1) is 0 Å². The number of nitrogens with zero attached hydrogens (tertiary/aromatic N) is 3. The average molecular weight is 334 g/mol. The zero-order valence-corrected chi connectivity index (χ0v) is 14.2. The van der Waals surface area contributed by atoms with Crippen molar-refractivity contribution in [2.45, 2.75) is 51.3 Å². The molecule has 4 rings (SSSR count). The minimum Gasteiger partial charge on any atom is -0.375 e. The molecule has 1 aliphatic heterocycles. The molecule has 0 aromatic carbocycles. The maximum absolute atomic E-state index is 12.3. The highest BCUT2D eigenvalue weighted by atomic mass is 16.5. The number of amides is 1. The second-order valence-electron chi connectivity index (χ2n) is 7.48. The summed E-state index contributed by atoms with van der Waals surface area (Å²) in [5.41, 5.74) is 0. The van der Waals surface area contributed by atoms with Gasteiger partial charge in [0.25, 0.3) is 5.89 Å². The maximum atomic E-state index is 12.3. The molecule has 3 fully saturated rings. The molecule has 24 heavy (non-hydrogen) atoms. The molecule has 1 saturated heterocycles. The predicted molar refractivity (Wildman–Crippen MR) is 85.8 cm³/mol. The van der Waals surface area contributed by atoms with E-state index in [0.717, 1.165) is 31.8 Å². The van der Waals surface area contributed by atoms with Crippen LogP contribution in [0.25, 0.3) is 0 Å². The van der Waals surface area contributed by atoms with E-state index in [2.05, 4.69) is 20.4 Å². The third kappa shape index (κ3) is 3.47. The summed E-state index contributed by atoms with van der Waals surface area (Å²) in [6.07, 6.45) is 5.91. The first-order valence-corrected chi connectivity index (χ1v) is 9.06. The normalized spacial score (nSPS) is 28.0. The van der Waals surface area contributed by atoms with Gasteiger partial charge in [0.2, 0.25) is 5.91 Å². The fourth-order valence-corrected chi connectivity index (χ4v) is 3.90. The fraction of sp³-hybridized carbons (Fsp3) is 0.824. The van der Waals surface area contributed by atoms with Gasteiger partial charge in [0.15, 0.2) is 5.82 Å². The van der Waals surface area contributed by atoms with Gasteiger partial charge in [-0.1, -0.05) is 11.6 Å². The van der Waals surface area contributed by atoms with Crippen LogP contribution in [0.3, 0.4) is 0 Å². The molecular weight excluding hydrogens is 308 g/mol. The van der Waals surface area contributed by atoms with Crippen molar-refractivity contribution in [3.05, 3.63) is 11.7 Å². The van der Waals surface area contributed by atoms with Crippen molar-refractivity contribution in [3.8, 4) is 0 Å². The monoisotopic (exact) mass is 334 g/mol. The Kier molecular flexibility index (Phi) is 4.54. The van der Waals surface area contributed by atoms with Crippen LogP contribution < -0.4 is 5.32 Å². The molecule has 0 radical (unpaired) electrons. The highest BCUT2D eigenvalue weighted by Crippen LogP contribution is 2.42. The molecule has 2 unspecified atom stereocenters. The van der Waals surface area contributed by atoms with E-state index >= 15 is 0 Å². The van der Waals surface area contributed by atoms with Crippen molar-refractivity contribution in [1.82, 2.24) is 20.4 Å². The first-order valence-electron chi connectivity index (χ1n) is 9.06. The van der Waals surface area contributed by atoms with E-state index in [1.165, 1.54) is 19.3 Å². The highest BCUT2D eigenvalue weighted by molar-refractivity contribution is 5.79. The van der Waals surface area contributed by atoms with E-state index in [4.69, 9.17) is 9.26 Å². The van der Waals surface area contributed by atoms with Crippen molar-refractivity contribution >= 4 is 5.91 Å². The van der Waals surface area contributed by atoms with E-state index in [9.17, 15) is 4.79 Å². The van der Waals surface area contributed by atoms with Crippen molar-refractivity contribution in [3.63, 3.8) is 0 Å². The number of rotatable bonds is 7. The third-order valence-corrected chi connectivity index (χ3v) is 5.61. The van der Waals surface area contributed by atoms with Crippen molar-refractivity contribution < 1.29 is 14.1 Å². The van der Waals surface area contributed by atoms with Crippen LogP contribution in [0.15, 0.2) is 4.52 Å². The van der Waals surface area contributed by atoms with Crippen LogP contribution in [0, 0.1) is 17.8 Å². The standard InChI is InChI=1S/C17H26N4O3/c1-23-10-16-19-15(20-24-16)9-21-7-13(11-5-6-11)14(8-21)18-17(22)12-3-2-4-12/h11-14H,2-10H2,1H3,(H,18,22). The number of hydrogen-bond acceptors (Lipinski definition) is 6. The second-order valence-corrected chi connectivity index (χ2v) is 7.48. The Balaban J connectivity index is 1.35. The van der Waals surface area contributed by atoms with Crippen LogP contribution in [0.4, 0.5) is 0 Å². The van der Waals surface area contributed by atoms with Crippen LogP contribution in [0.2, 0.25) is 0 Å². The lowest BCUT2D eigenvalue weighted by molar-refractivity contribution is -0.128. The molecule has 2 aliphatic carbocycles. The fourth-order valence-electron chi connectivity index (χ4n) is 3.90. The highest BCUT2D eigenvalue weighted by Gasteiger charge is 2.43. The number of carbonyl (C=O) groups is 1. The van der Waals surface area contributed by atoms with Gasteiger partial charge in [0, 0.05) is 32.2 Å².